The van der Waals surface area contributed by atoms with E-state index in [4.69, 9.17) is 4.42 Å². The number of nitrogens with zero attached hydrogens (tertiary/aromatic N) is 1. The number of halogens is 7. The highest BCUT2D eigenvalue weighted by Crippen LogP contribution is 2.34. The standard InChI is InChI=1S/C15H6F7NOS/c16-9-10(17)12(19)14-13(11(9)18)23-8(24-14)5-25-7-3-1-2-6(4-7)15(20,21)22/h1-4H,5H2. The largest absolute Gasteiger partial charge is 0.436 e. The molecule has 1 aromatic heterocycles. The third-order valence-electron chi connectivity index (χ3n) is 3.18. The summed E-state index contributed by atoms with van der Waals surface area (Å²) in [4.78, 5) is 3.73. The number of hydrogen-bond donors (Lipinski definition) is 0. The van der Waals surface area contributed by atoms with Crippen molar-refractivity contribution >= 4 is 22.9 Å². The first kappa shape index (κ1) is 17.6. The monoisotopic (exact) mass is 381 g/mol. The first-order chi connectivity index (χ1) is 11.7. The maximum atomic E-state index is 13.6. The number of fused-ring (bicyclic) bond motifs is 1. The second-order valence-electron chi connectivity index (χ2n) is 4.86. The van der Waals surface area contributed by atoms with E-state index in [1.807, 2.05) is 0 Å². The lowest BCUT2D eigenvalue weighted by Gasteiger charge is -2.07. The van der Waals surface area contributed by atoms with Gasteiger partial charge in [-0.05, 0) is 18.2 Å². The molecule has 3 aromatic rings. The number of alkyl halides is 3. The average Bonchev–Trinajstić information content (AvgIpc) is 3.00. The van der Waals surface area contributed by atoms with E-state index in [1.54, 1.807) is 0 Å². The van der Waals surface area contributed by atoms with Gasteiger partial charge < -0.3 is 4.42 Å². The van der Waals surface area contributed by atoms with E-state index in [0.29, 0.717) is 0 Å². The fourth-order valence-corrected chi connectivity index (χ4v) is 2.83. The summed E-state index contributed by atoms with van der Waals surface area (Å²) in [7, 11) is 0. The summed E-state index contributed by atoms with van der Waals surface area (Å²) in [6.07, 6.45) is -4.52. The summed E-state index contributed by atoms with van der Waals surface area (Å²) in [5.41, 5.74) is -2.58. The lowest BCUT2D eigenvalue weighted by molar-refractivity contribution is -0.137. The number of oxazole rings is 1. The zero-order valence-corrected chi connectivity index (χ0v) is 12.7. The molecule has 132 valence electrons. The topological polar surface area (TPSA) is 26.0 Å². The molecule has 0 unspecified atom stereocenters. The molecule has 0 N–H and O–H groups in total. The van der Waals surface area contributed by atoms with Crippen LogP contribution >= 0.6 is 11.8 Å². The predicted octanol–water partition coefficient (Wildman–Crippen LogP) is 5.70. The summed E-state index contributed by atoms with van der Waals surface area (Å²) < 4.78 is 96.2. The highest BCUT2D eigenvalue weighted by Gasteiger charge is 2.30. The van der Waals surface area contributed by atoms with Crippen LogP contribution in [0.2, 0.25) is 0 Å². The summed E-state index contributed by atoms with van der Waals surface area (Å²) in [6, 6.07) is 4.36. The van der Waals surface area contributed by atoms with Gasteiger partial charge in [-0.25, -0.2) is 18.2 Å². The lowest BCUT2D eigenvalue weighted by Crippen LogP contribution is -2.04. The van der Waals surface area contributed by atoms with Crippen LogP contribution in [0.1, 0.15) is 11.5 Å². The Morgan fingerprint density at radius 1 is 0.960 bits per heavy atom. The van der Waals surface area contributed by atoms with Crippen molar-refractivity contribution < 1.29 is 35.2 Å². The summed E-state index contributed by atoms with van der Waals surface area (Å²) in [5, 5.41) is 0. The number of aromatic nitrogens is 1. The van der Waals surface area contributed by atoms with Crippen LogP contribution in [0.5, 0.6) is 0 Å². The van der Waals surface area contributed by atoms with Gasteiger partial charge in [0.15, 0.2) is 22.7 Å². The van der Waals surface area contributed by atoms with Gasteiger partial charge in [0.1, 0.15) is 0 Å². The maximum absolute atomic E-state index is 13.6. The molecular formula is C15H6F7NOS. The Labute approximate surface area is 139 Å². The normalized spacial score (nSPS) is 12.1. The van der Waals surface area contributed by atoms with E-state index in [0.717, 1.165) is 23.9 Å². The molecular weight excluding hydrogens is 375 g/mol. The zero-order chi connectivity index (χ0) is 18.4. The Hall–Kier alpha value is -2.23. The van der Waals surface area contributed by atoms with Crippen molar-refractivity contribution in [1.29, 1.82) is 0 Å². The first-order valence-electron chi connectivity index (χ1n) is 6.60. The SMILES string of the molecule is Fc1c(F)c(F)c2oc(CSc3cccc(C(F)(F)F)c3)nc2c1F. The van der Waals surface area contributed by atoms with Crippen LogP contribution in [-0.2, 0) is 11.9 Å². The van der Waals surface area contributed by atoms with Gasteiger partial charge in [-0.1, -0.05) is 6.07 Å². The average molecular weight is 381 g/mol. The highest BCUT2D eigenvalue weighted by atomic mass is 32.2. The number of thioether (sulfide) groups is 1. The fourth-order valence-electron chi connectivity index (χ4n) is 2.03. The van der Waals surface area contributed by atoms with E-state index in [1.165, 1.54) is 12.1 Å². The molecule has 2 aromatic carbocycles. The Morgan fingerprint density at radius 3 is 2.32 bits per heavy atom. The Kier molecular flexibility index (Phi) is 4.40. The van der Waals surface area contributed by atoms with Crippen molar-refractivity contribution in [2.45, 2.75) is 16.8 Å². The van der Waals surface area contributed by atoms with E-state index >= 15 is 0 Å². The molecule has 0 aliphatic heterocycles. The third kappa shape index (κ3) is 3.30. The molecule has 0 fully saturated rings. The molecule has 0 aliphatic carbocycles. The quantitative estimate of drug-likeness (QED) is 0.252. The molecule has 3 rings (SSSR count). The Balaban J connectivity index is 1.88. The maximum Gasteiger partial charge on any atom is 0.416 e. The van der Waals surface area contributed by atoms with Crippen molar-refractivity contribution in [2.24, 2.45) is 0 Å². The number of benzene rings is 2. The van der Waals surface area contributed by atoms with Gasteiger partial charge >= 0.3 is 6.18 Å². The summed E-state index contributed by atoms with van der Waals surface area (Å²) in [6.45, 7) is 0. The van der Waals surface area contributed by atoms with Crippen LogP contribution in [0.25, 0.3) is 11.1 Å². The molecule has 0 spiro atoms. The van der Waals surface area contributed by atoms with E-state index in [9.17, 15) is 30.7 Å². The van der Waals surface area contributed by atoms with Crippen molar-refractivity contribution in [3.05, 3.63) is 59.0 Å². The molecule has 0 saturated heterocycles. The van der Waals surface area contributed by atoms with E-state index < -0.39 is 46.1 Å². The minimum absolute atomic E-state index is 0.196. The van der Waals surface area contributed by atoms with Crippen molar-refractivity contribution in [2.75, 3.05) is 0 Å². The molecule has 2 nitrogen and oxygen atoms in total. The molecule has 1 heterocycles. The van der Waals surface area contributed by atoms with Gasteiger partial charge in [0, 0.05) is 4.90 Å². The molecule has 10 heteroatoms. The van der Waals surface area contributed by atoms with Crippen LogP contribution in [0, 0.1) is 23.3 Å². The van der Waals surface area contributed by atoms with Gasteiger partial charge in [0.05, 0.1) is 11.3 Å². The van der Waals surface area contributed by atoms with Crippen LogP contribution in [0.4, 0.5) is 30.7 Å². The Bertz CT molecular complexity index is 906. The van der Waals surface area contributed by atoms with Crippen LogP contribution in [0.15, 0.2) is 33.6 Å². The van der Waals surface area contributed by atoms with Gasteiger partial charge in [-0.2, -0.15) is 17.6 Å². The predicted molar refractivity (Wildman–Crippen MR) is 74.8 cm³/mol. The number of hydrogen-bond acceptors (Lipinski definition) is 3. The molecule has 0 radical (unpaired) electrons. The minimum atomic E-state index is -4.52. The molecule has 0 aliphatic rings. The fraction of sp³-hybridized carbons (Fsp3) is 0.133. The minimum Gasteiger partial charge on any atom is -0.436 e. The van der Waals surface area contributed by atoms with Crippen LogP contribution in [-0.4, -0.2) is 4.98 Å². The van der Waals surface area contributed by atoms with Gasteiger partial charge in [0.25, 0.3) is 0 Å². The first-order valence-corrected chi connectivity index (χ1v) is 7.58. The van der Waals surface area contributed by atoms with Gasteiger partial charge in [-0.3, -0.25) is 0 Å². The van der Waals surface area contributed by atoms with Gasteiger partial charge in [0.2, 0.25) is 17.5 Å². The van der Waals surface area contributed by atoms with Crippen molar-refractivity contribution in [3.63, 3.8) is 0 Å². The zero-order valence-electron chi connectivity index (χ0n) is 11.9. The molecule has 0 amide bonds. The van der Waals surface area contributed by atoms with E-state index in [2.05, 4.69) is 4.98 Å². The summed E-state index contributed by atoms with van der Waals surface area (Å²) in [5.74, 6) is -7.96. The second-order valence-corrected chi connectivity index (χ2v) is 5.90. The molecule has 0 atom stereocenters. The molecule has 0 bridgehead atoms. The second kappa shape index (κ2) is 6.25. The van der Waals surface area contributed by atoms with Crippen LogP contribution < -0.4 is 0 Å². The van der Waals surface area contributed by atoms with Gasteiger partial charge in [-0.15, -0.1) is 11.8 Å². The summed E-state index contributed by atoms with van der Waals surface area (Å²) >= 11 is 0.850. The smallest absolute Gasteiger partial charge is 0.416 e. The van der Waals surface area contributed by atoms with E-state index in [-0.39, 0.29) is 16.5 Å². The van der Waals surface area contributed by atoms with Crippen LogP contribution in [0.3, 0.4) is 0 Å². The number of rotatable bonds is 3. The lowest BCUT2D eigenvalue weighted by atomic mass is 10.2. The van der Waals surface area contributed by atoms with Crippen molar-refractivity contribution in [3.8, 4) is 0 Å². The third-order valence-corrected chi connectivity index (χ3v) is 4.16. The highest BCUT2D eigenvalue weighted by molar-refractivity contribution is 7.98. The molecule has 25 heavy (non-hydrogen) atoms. The molecule has 0 saturated carbocycles. The Morgan fingerprint density at radius 2 is 1.64 bits per heavy atom. The van der Waals surface area contributed by atoms with Crippen molar-refractivity contribution in [1.82, 2.24) is 4.98 Å².